The Morgan fingerprint density at radius 2 is 1.81 bits per heavy atom. The lowest BCUT2D eigenvalue weighted by atomic mass is 10.1. The highest BCUT2D eigenvalue weighted by Crippen LogP contribution is 2.29. The molecule has 36 heavy (non-hydrogen) atoms. The first kappa shape index (κ1) is 25.5. The van der Waals surface area contributed by atoms with Gasteiger partial charge in [0, 0.05) is 34.4 Å². The van der Waals surface area contributed by atoms with Crippen molar-refractivity contribution in [3.63, 3.8) is 0 Å². The summed E-state index contributed by atoms with van der Waals surface area (Å²) in [6, 6.07) is 12.3. The Bertz CT molecular complexity index is 1450. The van der Waals surface area contributed by atoms with Crippen LogP contribution in [0, 0.1) is 6.92 Å². The van der Waals surface area contributed by atoms with Crippen molar-refractivity contribution in [1.29, 1.82) is 0 Å². The van der Waals surface area contributed by atoms with Gasteiger partial charge in [-0.25, -0.2) is 9.97 Å². The molecular formula is C25H22F3N3O4S. The molecule has 2 aromatic heterocycles. The summed E-state index contributed by atoms with van der Waals surface area (Å²) in [5.74, 6) is 0.0420. The normalized spacial score (nSPS) is 12.1. The average Bonchev–Trinajstić information content (AvgIpc) is 2.79. The van der Waals surface area contributed by atoms with Crippen LogP contribution in [0.15, 0.2) is 75.6 Å². The number of aryl methyl sites for hydroxylation is 1. The molecule has 0 amide bonds. The molecule has 4 rings (SSSR count). The molecule has 0 aliphatic heterocycles. The molecule has 0 fully saturated rings. The van der Waals surface area contributed by atoms with Gasteiger partial charge in [0.05, 0.1) is 11.1 Å². The smallest absolute Gasteiger partial charge is 0.475 e. The van der Waals surface area contributed by atoms with Crippen molar-refractivity contribution in [2.24, 2.45) is 0 Å². The number of benzene rings is 2. The largest absolute Gasteiger partial charge is 0.573 e. The van der Waals surface area contributed by atoms with E-state index < -0.39 is 12.0 Å². The molecular weight excluding hydrogens is 495 g/mol. The van der Waals surface area contributed by atoms with Gasteiger partial charge in [0.15, 0.2) is 5.03 Å². The Balaban J connectivity index is 1.59. The van der Waals surface area contributed by atoms with Gasteiger partial charge in [-0.3, -0.25) is 9.36 Å². The predicted molar refractivity (Wildman–Crippen MR) is 129 cm³/mol. The van der Waals surface area contributed by atoms with Crippen LogP contribution in [0.25, 0.3) is 16.6 Å². The van der Waals surface area contributed by atoms with E-state index in [9.17, 15) is 23.1 Å². The Kier molecular flexibility index (Phi) is 6.96. The van der Waals surface area contributed by atoms with Crippen LogP contribution in [-0.2, 0) is 0 Å². The summed E-state index contributed by atoms with van der Waals surface area (Å²) >= 11 is 1.04. The number of aromatic nitrogens is 3. The van der Waals surface area contributed by atoms with Crippen molar-refractivity contribution in [1.82, 2.24) is 14.5 Å². The highest BCUT2D eigenvalue weighted by Gasteiger charge is 2.31. The summed E-state index contributed by atoms with van der Waals surface area (Å²) < 4.78 is 48.0. The highest BCUT2D eigenvalue weighted by atomic mass is 32.2. The van der Waals surface area contributed by atoms with Crippen LogP contribution in [-0.4, -0.2) is 38.2 Å². The zero-order valence-corrected chi connectivity index (χ0v) is 20.4. The molecule has 188 valence electrons. The SMILES string of the molecule is Cc1cc(OCC(C)(C)O)nc2ccc(-n3ccnc(Sc4ccc(OC(F)(F)F)cc4)c3=O)cc12. The molecule has 0 unspecified atom stereocenters. The fourth-order valence-electron chi connectivity index (χ4n) is 3.31. The molecule has 0 saturated heterocycles. The van der Waals surface area contributed by atoms with Crippen molar-refractivity contribution in [3.05, 3.63) is 76.8 Å². The minimum absolute atomic E-state index is 0.0912. The summed E-state index contributed by atoms with van der Waals surface area (Å²) in [4.78, 5) is 22.3. The third-order valence-corrected chi connectivity index (χ3v) is 5.89. The van der Waals surface area contributed by atoms with Gasteiger partial charge in [-0.15, -0.1) is 13.2 Å². The molecule has 2 aromatic carbocycles. The molecule has 0 bridgehead atoms. The van der Waals surface area contributed by atoms with Gasteiger partial charge in [-0.2, -0.15) is 0 Å². The first-order chi connectivity index (χ1) is 16.9. The molecule has 7 nitrogen and oxygen atoms in total. The van der Waals surface area contributed by atoms with Gasteiger partial charge in [0.2, 0.25) is 5.88 Å². The number of pyridine rings is 1. The van der Waals surface area contributed by atoms with Gasteiger partial charge in [0.1, 0.15) is 12.4 Å². The maximum atomic E-state index is 13.1. The molecule has 1 N–H and O–H groups in total. The van der Waals surface area contributed by atoms with E-state index in [0.717, 1.165) is 22.7 Å². The van der Waals surface area contributed by atoms with Crippen LogP contribution in [0.1, 0.15) is 19.4 Å². The molecule has 0 aliphatic carbocycles. The second kappa shape index (κ2) is 9.82. The third kappa shape index (κ3) is 6.35. The first-order valence-electron chi connectivity index (χ1n) is 10.8. The van der Waals surface area contributed by atoms with Gasteiger partial charge >= 0.3 is 6.36 Å². The summed E-state index contributed by atoms with van der Waals surface area (Å²) in [5.41, 5.74) is 0.771. The van der Waals surface area contributed by atoms with Crippen molar-refractivity contribution in [3.8, 4) is 17.3 Å². The Labute approximate surface area is 208 Å². The van der Waals surface area contributed by atoms with Crippen LogP contribution in [0.4, 0.5) is 13.2 Å². The maximum absolute atomic E-state index is 13.1. The Morgan fingerprint density at radius 1 is 1.08 bits per heavy atom. The van der Waals surface area contributed by atoms with Gasteiger partial charge in [-0.1, -0.05) is 11.8 Å². The molecule has 0 spiro atoms. The van der Waals surface area contributed by atoms with E-state index in [-0.39, 0.29) is 22.9 Å². The van der Waals surface area contributed by atoms with Crippen LogP contribution in [0.5, 0.6) is 11.6 Å². The van der Waals surface area contributed by atoms with Crippen molar-refractivity contribution in [2.75, 3.05) is 6.61 Å². The number of aliphatic hydroxyl groups is 1. The first-order valence-corrected chi connectivity index (χ1v) is 11.6. The fourth-order valence-corrected chi connectivity index (χ4v) is 4.11. The second-order valence-corrected chi connectivity index (χ2v) is 9.67. The summed E-state index contributed by atoms with van der Waals surface area (Å²) in [6.07, 6.45) is -1.76. The molecule has 11 heteroatoms. The summed E-state index contributed by atoms with van der Waals surface area (Å²) in [5, 5.41) is 10.9. The Morgan fingerprint density at radius 3 is 2.47 bits per heavy atom. The van der Waals surface area contributed by atoms with E-state index in [4.69, 9.17) is 4.74 Å². The fraction of sp³-hybridized carbons (Fsp3) is 0.240. The van der Waals surface area contributed by atoms with Crippen LogP contribution in [0.2, 0.25) is 0 Å². The van der Waals surface area contributed by atoms with Crippen LogP contribution in [0.3, 0.4) is 0 Å². The Hall–Kier alpha value is -3.57. The standard InChI is InChI=1S/C25H22F3N3O4S/c1-15-12-21(34-14-24(2,3)33)30-20-9-4-16(13-19(15)20)31-11-10-29-22(23(31)32)36-18-7-5-17(6-8-18)35-25(26,27)28/h4-13,33H,14H2,1-3H3. The maximum Gasteiger partial charge on any atom is 0.573 e. The van der Waals surface area contributed by atoms with Crippen molar-refractivity contribution >= 4 is 22.7 Å². The lowest BCUT2D eigenvalue weighted by molar-refractivity contribution is -0.274. The van der Waals surface area contributed by atoms with E-state index in [1.165, 1.54) is 41.2 Å². The molecule has 0 aliphatic rings. The second-order valence-electron chi connectivity index (χ2n) is 8.61. The zero-order chi connectivity index (χ0) is 26.1. The average molecular weight is 518 g/mol. The quantitative estimate of drug-likeness (QED) is 0.357. The number of hydrogen-bond donors (Lipinski definition) is 1. The number of rotatable bonds is 7. The van der Waals surface area contributed by atoms with E-state index >= 15 is 0 Å². The molecule has 4 aromatic rings. The third-order valence-electron chi connectivity index (χ3n) is 4.91. The van der Waals surface area contributed by atoms with Gasteiger partial charge in [-0.05, 0) is 68.8 Å². The minimum atomic E-state index is -4.78. The van der Waals surface area contributed by atoms with E-state index in [1.807, 2.05) is 13.0 Å². The lowest BCUT2D eigenvalue weighted by Crippen LogP contribution is -2.28. The summed E-state index contributed by atoms with van der Waals surface area (Å²) in [7, 11) is 0. The van der Waals surface area contributed by atoms with E-state index in [1.54, 1.807) is 32.0 Å². The lowest BCUT2D eigenvalue weighted by Gasteiger charge is -2.18. The van der Waals surface area contributed by atoms with Gasteiger partial charge in [0.25, 0.3) is 5.56 Å². The van der Waals surface area contributed by atoms with Crippen LogP contribution >= 0.6 is 11.8 Å². The van der Waals surface area contributed by atoms with E-state index in [2.05, 4.69) is 14.7 Å². The number of halogens is 3. The number of fused-ring (bicyclic) bond motifs is 1. The number of ether oxygens (including phenoxy) is 2. The number of alkyl halides is 3. The predicted octanol–water partition coefficient (Wildman–Crippen LogP) is 5.29. The van der Waals surface area contributed by atoms with Crippen molar-refractivity contribution < 1.29 is 27.8 Å². The molecule has 0 radical (unpaired) electrons. The number of nitrogens with zero attached hydrogens (tertiary/aromatic N) is 3. The molecule has 0 atom stereocenters. The highest BCUT2D eigenvalue weighted by molar-refractivity contribution is 7.99. The van der Waals surface area contributed by atoms with Gasteiger partial charge < -0.3 is 14.6 Å². The number of hydrogen-bond acceptors (Lipinski definition) is 7. The van der Waals surface area contributed by atoms with Crippen LogP contribution < -0.4 is 15.0 Å². The summed E-state index contributed by atoms with van der Waals surface area (Å²) in [6.45, 7) is 5.27. The molecule has 2 heterocycles. The minimum Gasteiger partial charge on any atom is -0.475 e. The topological polar surface area (TPSA) is 86.5 Å². The monoisotopic (exact) mass is 517 g/mol. The van der Waals surface area contributed by atoms with E-state index in [0.29, 0.717) is 22.0 Å². The zero-order valence-electron chi connectivity index (χ0n) is 19.5. The van der Waals surface area contributed by atoms with Crippen molar-refractivity contribution in [2.45, 2.75) is 42.7 Å². The molecule has 0 saturated carbocycles.